The number of ketones is 1. The fourth-order valence-corrected chi connectivity index (χ4v) is 2.26. The molecule has 1 rings (SSSR count). The third kappa shape index (κ3) is 5.28. The fraction of sp³-hybridized carbons (Fsp3) is 0.364. The number of benzene rings is 1. The Labute approximate surface area is 123 Å². The van der Waals surface area contributed by atoms with Crippen LogP contribution < -0.4 is 4.74 Å². The molecule has 0 fully saturated rings. The van der Waals surface area contributed by atoms with Crippen LogP contribution in [0.4, 0.5) is 22.0 Å². The third-order valence-corrected chi connectivity index (χ3v) is 3.24. The number of hydrogen-bond donors (Lipinski definition) is 0. The van der Waals surface area contributed by atoms with Crippen molar-refractivity contribution in [2.45, 2.75) is 28.8 Å². The zero-order chi connectivity index (χ0) is 15.5. The molecule has 0 aliphatic carbocycles. The molecule has 0 saturated carbocycles. The van der Waals surface area contributed by atoms with E-state index in [4.69, 9.17) is 0 Å². The van der Waals surface area contributed by atoms with E-state index in [9.17, 15) is 26.7 Å². The van der Waals surface area contributed by atoms with E-state index >= 15 is 0 Å². The number of halogens is 6. The minimum absolute atomic E-state index is 0.210. The van der Waals surface area contributed by atoms with E-state index in [2.05, 4.69) is 20.7 Å². The van der Waals surface area contributed by atoms with Crippen LogP contribution in [-0.2, 0) is 0 Å². The van der Waals surface area contributed by atoms with E-state index in [1.807, 2.05) is 0 Å². The zero-order valence-electron chi connectivity index (χ0n) is 9.88. The summed E-state index contributed by atoms with van der Waals surface area (Å²) in [6.45, 7) is -1.70. The van der Waals surface area contributed by atoms with Crippen molar-refractivity contribution in [3.8, 4) is 5.75 Å². The predicted molar refractivity (Wildman–Crippen MR) is 67.7 cm³/mol. The van der Waals surface area contributed by atoms with Crippen molar-refractivity contribution in [1.82, 2.24) is 0 Å². The largest absolute Gasteiger partial charge is 0.446 e. The molecule has 0 amide bonds. The first-order valence-corrected chi connectivity index (χ1v) is 6.86. The summed E-state index contributed by atoms with van der Waals surface area (Å²) in [6.07, 6.45) is 0. The van der Waals surface area contributed by atoms with E-state index in [0.29, 0.717) is 0 Å². The van der Waals surface area contributed by atoms with Crippen LogP contribution in [-0.4, -0.2) is 22.7 Å². The van der Waals surface area contributed by atoms with E-state index in [-0.39, 0.29) is 5.56 Å². The maximum Gasteiger partial charge on any atom is 0.446 e. The molecule has 0 saturated heterocycles. The van der Waals surface area contributed by atoms with Crippen LogP contribution in [0.2, 0.25) is 0 Å². The minimum Gasteiger partial charge on any atom is -0.435 e. The first kappa shape index (κ1) is 17.2. The molecular weight excluding hydrogens is 371 g/mol. The molecule has 0 spiro atoms. The molecule has 0 aromatic heterocycles. The lowest BCUT2D eigenvalue weighted by Crippen LogP contribution is -2.13. The number of alkyl halides is 6. The van der Waals surface area contributed by atoms with E-state index < -0.39 is 45.1 Å². The van der Waals surface area contributed by atoms with Gasteiger partial charge in [0, 0.05) is 10.5 Å². The van der Waals surface area contributed by atoms with Crippen molar-refractivity contribution in [3.63, 3.8) is 0 Å². The normalized spacial score (nSPS) is 13.4. The Balaban J connectivity index is 3.19. The number of rotatable bonds is 5. The van der Waals surface area contributed by atoms with Crippen LogP contribution in [0.5, 0.6) is 5.75 Å². The second-order valence-electron chi connectivity index (χ2n) is 3.56. The average molecular weight is 379 g/mol. The summed E-state index contributed by atoms with van der Waals surface area (Å²) in [7, 11) is 0. The first-order valence-electron chi connectivity index (χ1n) is 5.13. The molecule has 0 aliphatic heterocycles. The monoisotopic (exact) mass is 378 g/mol. The van der Waals surface area contributed by atoms with Crippen LogP contribution in [0.15, 0.2) is 23.1 Å². The van der Waals surface area contributed by atoms with Gasteiger partial charge in [-0.05, 0) is 36.9 Å². The van der Waals surface area contributed by atoms with E-state index in [1.54, 1.807) is 0 Å². The second-order valence-corrected chi connectivity index (χ2v) is 6.04. The second kappa shape index (κ2) is 6.75. The van der Waals surface area contributed by atoms with Gasteiger partial charge in [0.15, 0.2) is 5.78 Å². The molecule has 1 unspecified atom stereocenters. The number of carbonyl (C=O) groups is 1. The summed E-state index contributed by atoms with van der Waals surface area (Å²) in [5.74, 6) is -1.02. The molecule has 112 valence electrons. The highest BCUT2D eigenvalue weighted by molar-refractivity contribution is 9.10. The number of Topliss-reactive ketones (excluding diaryl/α,β-unsaturated/α-hetero) is 1. The summed E-state index contributed by atoms with van der Waals surface area (Å²) >= 11 is 2.41. The first-order chi connectivity index (χ1) is 9.10. The molecule has 0 radical (unpaired) electrons. The van der Waals surface area contributed by atoms with Gasteiger partial charge in [-0.25, -0.2) is 0 Å². The summed E-state index contributed by atoms with van der Waals surface area (Å²) < 4.78 is 65.4. The fourth-order valence-electron chi connectivity index (χ4n) is 1.31. The molecule has 9 heteroatoms. The molecule has 1 aromatic carbocycles. The summed E-state index contributed by atoms with van der Waals surface area (Å²) in [6, 6.07) is 2.83. The molecule has 20 heavy (non-hydrogen) atoms. The Hall–Kier alpha value is -0.830. The Bertz CT molecular complexity index is 490. The molecule has 2 nitrogen and oxygen atoms in total. The van der Waals surface area contributed by atoms with Crippen LogP contribution in [0, 0.1) is 0 Å². The van der Waals surface area contributed by atoms with Gasteiger partial charge in [0.1, 0.15) is 5.75 Å². The van der Waals surface area contributed by atoms with Crippen molar-refractivity contribution in [1.29, 1.82) is 0 Å². The maximum absolute atomic E-state index is 12.4. The number of ether oxygens (including phenoxy) is 1. The van der Waals surface area contributed by atoms with Crippen LogP contribution in [0.3, 0.4) is 0 Å². The van der Waals surface area contributed by atoms with Crippen molar-refractivity contribution in [3.05, 3.63) is 23.8 Å². The molecular formula is C11H8BrF5O2S. The standard InChI is InChI=1S/C11H8BrF5O2S/c1-5(12)9(18)7-3-2-6(19-10(13)14)4-8(7)20-11(15,16)17/h2-5,10H,1H3. The van der Waals surface area contributed by atoms with Gasteiger partial charge in [0.2, 0.25) is 0 Å². The minimum atomic E-state index is -4.64. The molecule has 0 bridgehead atoms. The summed E-state index contributed by atoms with van der Waals surface area (Å²) in [5.41, 5.74) is -4.85. The number of carbonyl (C=O) groups excluding carboxylic acids is 1. The third-order valence-electron chi connectivity index (χ3n) is 2.03. The highest BCUT2D eigenvalue weighted by Crippen LogP contribution is 2.40. The highest BCUT2D eigenvalue weighted by atomic mass is 79.9. The molecule has 0 N–H and O–H groups in total. The van der Waals surface area contributed by atoms with Crippen LogP contribution >= 0.6 is 27.7 Å². The lowest BCUT2D eigenvalue weighted by molar-refractivity contribution is -0.0499. The van der Waals surface area contributed by atoms with Gasteiger partial charge in [0.05, 0.1) is 4.83 Å². The maximum atomic E-state index is 12.4. The Morgan fingerprint density at radius 2 is 1.95 bits per heavy atom. The summed E-state index contributed by atoms with van der Waals surface area (Å²) in [4.78, 5) is 10.6. The van der Waals surface area contributed by atoms with Crippen molar-refractivity contribution >= 4 is 33.5 Å². The van der Waals surface area contributed by atoms with Crippen molar-refractivity contribution in [2.24, 2.45) is 0 Å². The quantitative estimate of drug-likeness (QED) is 0.316. The zero-order valence-corrected chi connectivity index (χ0v) is 12.3. The van der Waals surface area contributed by atoms with Gasteiger partial charge in [-0.2, -0.15) is 22.0 Å². The average Bonchev–Trinajstić information content (AvgIpc) is 2.25. The van der Waals surface area contributed by atoms with Gasteiger partial charge < -0.3 is 4.74 Å². The van der Waals surface area contributed by atoms with Gasteiger partial charge in [0.25, 0.3) is 0 Å². The summed E-state index contributed by atoms with van der Waals surface area (Å²) in [5, 5.41) is 0. The Kier molecular flexibility index (Phi) is 5.81. The number of thioether (sulfide) groups is 1. The molecule has 0 heterocycles. The Morgan fingerprint density at radius 1 is 1.35 bits per heavy atom. The van der Waals surface area contributed by atoms with Crippen molar-refractivity contribution < 1.29 is 31.5 Å². The van der Waals surface area contributed by atoms with Crippen LogP contribution in [0.25, 0.3) is 0 Å². The predicted octanol–water partition coefficient (Wildman–Crippen LogP) is 4.87. The Morgan fingerprint density at radius 3 is 2.40 bits per heavy atom. The molecule has 1 atom stereocenters. The number of hydrogen-bond acceptors (Lipinski definition) is 3. The SMILES string of the molecule is CC(Br)C(=O)c1ccc(OC(F)F)cc1SC(F)(F)F. The lowest BCUT2D eigenvalue weighted by atomic mass is 10.1. The molecule has 1 aromatic rings. The van der Waals surface area contributed by atoms with Gasteiger partial charge in [-0.3, -0.25) is 4.79 Å². The van der Waals surface area contributed by atoms with Gasteiger partial charge >= 0.3 is 12.1 Å². The topological polar surface area (TPSA) is 26.3 Å². The lowest BCUT2D eigenvalue weighted by Gasteiger charge is -2.13. The van der Waals surface area contributed by atoms with E-state index in [1.165, 1.54) is 6.92 Å². The molecule has 0 aliphatic rings. The van der Waals surface area contributed by atoms with Gasteiger partial charge in [-0.15, -0.1) is 0 Å². The van der Waals surface area contributed by atoms with Gasteiger partial charge in [-0.1, -0.05) is 15.9 Å². The van der Waals surface area contributed by atoms with Crippen LogP contribution in [0.1, 0.15) is 17.3 Å². The smallest absolute Gasteiger partial charge is 0.435 e. The highest BCUT2D eigenvalue weighted by Gasteiger charge is 2.32. The van der Waals surface area contributed by atoms with E-state index in [0.717, 1.165) is 18.2 Å². The van der Waals surface area contributed by atoms with Crippen molar-refractivity contribution in [2.75, 3.05) is 0 Å².